The predicted molar refractivity (Wildman–Crippen MR) is 79.5 cm³/mol. The molecule has 2 aliphatic carbocycles. The van der Waals surface area contributed by atoms with E-state index in [1.807, 2.05) is 30.1 Å². The second-order valence-corrected chi connectivity index (χ2v) is 6.53. The second kappa shape index (κ2) is 5.12. The van der Waals surface area contributed by atoms with Crippen molar-refractivity contribution in [3.63, 3.8) is 0 Å². The van der Waals surface area contributed by atoms with Crippen LogP contribution in [0.5, 0.6) is 0 Å². The Bertz CT molecular complexity index is 525. The van der Waals surface area contributed by atoms with Gasteiger partial charge in [-0.3, -0.25) is 4.79 Å². The maximum absolute atomic E-state index is 12.5. The van der Waals surface area contributed by atoms with E-state index in [0.717, 1.165) is 16.5 Å². The number of hydrogen-bond acceptors (Lipinski definition) is 1. The molecule has 2 bridgehead atoms. The van der Waals surface area contributed by atoms with Gasteiger partial charge in [-0.15, -0.1) is 0 Å². The Hall–Kier alpha value is -1.09. The number of rotatable bonds is 3. The molecule has 0 radical (unpaired) electrons. The largest absolute Gasteiger partial charge is 0.341 e. The summed E-state index contributed by atoms with van der Waals surface area (Å²) in [4.78, 5) is 14.4. The Morgan fingerprint density at radius 3 is 2.74 bits per heavy atom. The second-order valence-electron chi connectivity index (χ2n) is 5.67. The van der Waals surface area contributed by atoms with Crippen molar-refractivity contribution in [2.24, 2.45) is 17.8 Å². The highest BCUT2D eigenvalue weighted by Gasteiger charge is 2.40. The highest BCUT2D eigenvalue weighted by molar-refractivity contribution is 9.10. The molecule has 3 atom stereocenters. The summed E-state index contributed by atoms with van der Waals surface area (Å²) in [5, 5.41) is 0. The molecule has 0 aliphatic heterocycles. The number of benzene rings is 1. The number of carbonyl (C=O) groups excluding carboxylic acids is 1. The summed E-state index contributed by atoms with van der Waals surface area (Å²) in [6.45, 7) is 0.678. The molecule has 2 nitrogen and oxygen atoms in total. The van der Waals surface area contributed by atoms with Crippen molar-refractivity contribution >= 4 is 21.8 Å². The minimum absolute atomic E-state index is 0.211. The van der Waals surface area contributed by atoms with Crippen LogP contribution in [-0.4, -0.2) is 17.9 Å². The van der Waals surface area contributed by atoms with Crippen LogP contribution in [0.2, 0.25) is 0 Å². The van der Waals surface area contributed by atoms with Gasteiger partial charge >= 0.3 is 0 Å². The summed E-state index contributed by atoms with van der Waals surface area (Å²) in [7, 11) is 1.91. The number of hydrogen-bond donors (Lipinski definition) is 0. The molecule has 0 heterocycles. The smallest absolute Gasteiger partial charge is 0.226 e. The Balaban J connectivity index is 1.68. The molecule has 1 aromatic carbocycles. The fourth-order valence-corrected chi connectivity index (χ4v) is 3.72. The van der Waals surface area contributed by atoms with Gasteiger partial charge in [0.2, 0.25) is 5.91 Å². The highest BCUT2D eigenvalue weighted by atomic mass is 79.9. The van der Waals surface area contributed by atoms with E-state index in [1.165, 1.54) is 6.42 Å². The van der Waals surface area contributed by atoms with Crippen LogP contribution in [0.3, 0.4) is 0 Å². The van der Waals surface area contributed by atoms with Crippen LogP contribution in [0.4, 0.5) is 0 Å². The minimum atomic E-state index is 0.211. The molecule has 100 valence electrons. The molecule has 0 saturated heterocycles. The Kier molecular flexibility index (Phi) is 3.48. The SMILES string of the molecule is CN(Cc1ccccc1Br)C(=O)C1CC2C=CC1C2. The van der Waals surface area contributed by atoms with Crippen molar-refractivity contribution in [1.82, 2.24) is 4.90 Å². The molecule has 1 aromatic rings. The van der Waals surface area contributed by atoms with Crippen molar-refractivity contribution in [1.29, 1.82) is 0 Å². The van der Waals surface area contributed by atoms with E-state index in [4.69, 9.17) is 0 Å². The number of amides is 1. The maximum atomic E-state index is 12.5. The molecule has 3 unspecified atom stereocenters. The fraction of sp³-hybridized carbons (Fsp3) is 0.438. The van der Waals surface area contributed by atoms with Gasteiger partial charge in [0.1, 0.15) is 0 Å². The van der Waals surface area contributed by atoms with Gasteiger partial charge < -0.3 is 4.90 Å². The molecule has 0 aromatic heterocycles. The molecule has 3 heteroatoms. The van der Waals surface area contributed by atoms with Crippen LogP contribution in [-0.2, 0) is 11.3 Å². The first-order valence-electron chi connectivity index (χ1n) is 6.82. The molecule has 1 fully saturated rings. The maximum Gasteiger partial charge on any atom is 0.226 e. The highest BCUT2D eigenvalue weighted by Crippen LogP contribution is 2.44. The van der Waals surface area contributed by atoms with Crippen molar-refractivity contribution in [2.45, 2.75) is 19.4 Å². The van der Waals surface area contributed by atoms with Crippen molar-refractivity contribution < 1.29 is 4.79 Å². The van der Waals surface area contributed by atoms with Crippen molar-refractivity contribution in [3.8, 4) is 0 Å². The van der Waals surface area contributed by atoms with Crippen molar-refractivity contribution in [2.75, 3.05) is 7.05 Å². The zero-order chi connectivity index (χ0) is 13.4. The molecular weight excluding hydrogens is 302 g/mol. The molecule has 3 rings (SSSR count). The lowest BCUT2D eigenvalue weighted by Crippen LogP contribution is -2.34. The van der Waals surface area contributed by atoms with Gasteiger partial charge in [0.05, 0.1) is 0 Å². The van der Waals surface area contributed by atoms with E-state index >= 15 is 0 Å². The topological polar surface area (TPSA) is 20.3 Å². The quantitative estimate of drug-likeness (QED) is 0.779. The molecule has 1 saturated carbocycles. The van der Waals surface area contributed by atoms with Crippen molar-refractivity contribution in [3.05, 3.63) is 46.5 Å². The normalized spacial score (nSPS) is 27.8. The van der Waals surface area contributed by atoms with Gasteiger partial charge in [-0.2, -0.15) is 0 Å². The Morgan fingerprint density at radius 2 is 2.11 bits per heavy atom. The first-order chi connectivity index (χ1) is 9.15. The lowest BCUT2D eigenvalue weighted by atomic mass is 9.92. The number of halogens is 1. The third-order valence-electron chi connectivity index (χ3n) is 4.34. The van der Waals surface area contributed by atoms with Gasteiger partial charge in [0.25, 0.3) is 0 Å². The van der Waals surface area contributed by atoms with E-state index in [2.05, 4.69) is 34.1 Å². The third kappa shape index (κ3) is 2.48. The first kappa shape index (κ1) is 12.9. The van der Waals surface area contributed by atoms with Gasteiger partial charge in [-0.05, 0) is 36.3 Å². The van der Waals surface area contributed by atoms with Crippen LogP contribution in [0.15, 0.2) is 40.9 Å². The molecule has 2 aliphatic rings. The average Bonchev–Trinajstić information content (AvgIpc) is 3.03. The van der Waals surface area contributed by atoms with E-state index in [-0.39, 0.29) is 5.92 Å². The van der Waals surface area contributed by atoms with Crippen LogP contribution >= 0.6 is 15.9 Å². The number of nitrogens with zero attached hydrogens (tertiary/aromatic N) is 1. The van der Waals surface area contributed by atoms with E-state index in [9.17, 15) is 4.79 Å². The van der Waals surface area contributed by atoms with Gasteiger partial charge in [-0.25, -0.2) is 0 Å². The first-order valence-corrected chi connectivity index (χ1v) is 7.61. The number of allylic oxidation sites excluding steroid dienone is 2. The van der Waals surface area contributed by atoms with Crippen LogP contribution in [0.1, 0.15) is 18.4 Å². The summed E-state index contributed by atoms with van der Waals surface area (Å²) in [6, 6.07) is 8.09. The summed E-state index contributed by atoms with van der Waals surface area (Å²) < 4.78 is 1.07. The number of carbonyl (C=O) groups is 1. The van der Waals surface area contributed by atoms with Crippen LogP contribution in [0, 0.1) is 17.8 Å². The summed E-state index contributed by atoms with van der Waals surface area (Å²) in [5.41, 5.74) is 1.16. The van der Waals surface area contributed by atoms with Gasteiger partial charge in [-0.1, -0.05) is 46.3 Å². The zero-order valence-corrected chi connectivity index (χ0v) is 12.6. The van der Waals surface area contributed by atoms with E-state index < -0.39 is 0 Å². The lowest BCUT2D eigenvalue weighted by Gasteiger charge is -2.25. The molecule has 0 spiro atoms. The van der Waals surface area contributed by atoms with Crippen LogP contribution in [0.25, 0.3) is 0 Å². The van der Waals surface area contributed by atoms with Gasteiger partial charge in [0, 0.05) is 24.0 Å². The van der Waals surface area contributed by atoms with Gasteiger partial charge in [0.15, 0.2) is 0 Å². The van der Waals surface area contributed by atoms with E-state index in [1.54, 1.807) is 0 Å². The Labute approximate surface area is 122 Å². The predicted octanol–water partition coefficient (Wildman–Crippen LogP) is 3.62. The molecule has 0 N–H and O–H groups in total. The molecule has 19 heavy (non-hydrogen) atoms. The van der Waals surface area contributed by atoms with Crippen LogP contribution < -0.4 is 0 Å². The summed E-state index contributed by atoms with van der Waals surface area (Å²) in [6.07, 6.45) is 6.74. The molecule has 1 amide bonds. The standard InChI is InChI=1S/C16H18BrNO/c1-18(10-13-4-2-3-5-15(13)17)16(19)14-9-11-6-7-12(14)8-11/h2-7,11-12,14H,8-10H2,1H3. The summed E-state index contributed by atoms with van der Waals surface area (Å²) in [5.74, 6) is 1.64. The monoisotopic (exact) mass is 319 g/mol. The summed E-state index contributed by atoms with van der Waals surface area (Å²) >= 11 is 3.54. The lowest BCUT2D eigenvalue weighted by molar-refractivity contribution is -0.135. The number of fused-ring (bicyclic) bond motifs is 2. The zero-order valence-electron chi connectivity index (χ0n) is 11.1. The third-order valence-corrected chi connectivity index (χ3v) is 5.11. The Morgan fingerprint density at radius 1 is 1.32 bits per heavy atom. The van der Waals surface area contributed by atoms with E-state index in [0.29, 0.717) is 24.3 Å². The molecular formula is C16H18BrNO. The fourth-order valence-electron chi connectivity index (χ4n) is 3.31. The minimum Gasteiger partial charge on any atom is -0.341 e. The average molecular weight is 320 g/mol.